The summed E-state index contributed by atoms with van der Waals surface area (Å²) in [4.78, 5) is 23.7. The normalized spacial score (nSPS) is 10.7. The van der Waals surface area contributed by atoms with E-state index < -0.39 is 5.91 Å². The lowest BCUT2D eigenvalue weighted by atomic mass is 9.95. The van der Waals surface area contributed by atoms with E-state index in [0.29, 0.717) is 17.9 Å². The zero-order valence-electron chi connectivity index (χ0n) is 16.2. The van der Waals surface area contributed by atoms with Crippen molar-refractivity contribution in [2.75, 3.05) is 0 Å². The van der Waals surface area contributed by atoms with Crippen molar-refractivity contribution in [3.63, 3.8) is 0 Å². The molecule has 150 valence electrons. The van der Waals surface area contributed by atoms with Crippen LogP contribution < -0.4 is 10.5 Å². The van der Waals surface area contributed by atoms with Crippen LogP contribution in [-0.4, -0.2) is 20.9 Å². The van der Waals surface area contributed by atoms with Gasteiger partial charge >= 0.3 is 0 Å². The fourth-order valence-electron chi connectivity index (χ4n) is 3.18. The number of carbonyl (C=O) groups excluding carboxylic acids is 1. The summed E-state index contributed by atoms with van der Waals surface area (Å²) in [6.45, 7) is 2.30. The lowest BCUT2D eigenvalue weighted by Crippen LogP contribution is -2.11. The number of hydrogen-bond acceptors (Lipinski definition) is 4. The first-order valence-electron chi connectivity index (χ1n) is 9.30. The number of imidazole rings is 1. The molecule has 0 fully saturated rings. The van der Waals surface area contributed by atoms with Gasteiger partial charge in [-0.2, -0.15) is 0 Å². The number of nitrogens with one attached hydrogen (secondary N) is 1. The van der Waals surface area contributed by atoms with Crippen LogP contribution in [0.1, 0.15) is 21.6 Å². The van der Waals surface area contributed by atoms with Crippen LogP contribution in [0.5, 0.6) is 5.75 Å². The third-order valence-corrected chi connectivity index (χ3v) is 5.15. The summed E-state index contributed by atoms with van der Waals surface area (Å²) >= 11 is 3.37. The van der Waals surface area contributed by atoms with Crippen molar-refractivity contribution in [3.05, 3.63) is 88.4 Å². The van der Waals surface area contributed by atoms with Gasteiger partial charge in [-0.05, 0) is 70.4 Å². The number of rotatable bonds is 6. The van der Waals surface area contributed by atoms with Gasteiger partial charge in [0.1, 0.15) is 22.8 Å². The van der Waals surface area contributed by atoms with Gasteiger partial charge in [0.2, 0.25) is 5.91 Å². The fraction of sp³-hybridized carbons (Fsp3) is 0.0870. The van der Waals surface area contributed by atoms with Crippen LogP contribution in [0, 0.1) is 6.92 Å². The number of benzene rings is 2. The molecule has 0 aliphatic heterocycles. The van der Waals surface area contributed by atoms with Crippen LogP contribution in [0.3, 0.4) is 0 Å². The number of amides is 1. The Kier molecular flexibility index (Phi) is 5.63. The Morgan fingerprint density at radius 2 is 2.00 bits per heavy atom. The van der Waals surface area contributed by atoms with Gasteiger partial charge in [0, 0.05) is 29.1 Å². The van der Waals surface area contributed by atoms with Gasteiger partial charge in [0.15, 0.2) is 0 Å². The summed E-state index contributed by atoms with van der Waals surface area (Å²) in [5.41, 5.74) is 10.4. The van der Waals surface area contributed by atoms with Gasteiger partial charge in [-0.3, -0.25) is 4.79 Å². The number of primary amides is 1. The van der Waals surface area contributed by atoms with Gasteiger partial charge in [-0.1, -0.05) is 18.2 Å². The minimum absolute atomic E-state index is 0.291. The highest BCUT2D eigenvalue weighted by Gasteiger charge is 2.14. The van der Waals surface area contributed by atoms with Gasteiger partial charge in [-0.15, -0.1) is 0 Å². The molecule has 6 nitrogen and oxygen atoms in total. The maximum atomic E-state index is 11.8. The molecule has 0 aliphatic rings. The maximum Gasteiger partial charge on any atom is 0.248 e. The zero-order valence-corrected chi connectivity index (χ0v) is 17.8. The Morgan fingerprint density at radius 1 is 1.13 bits per heavy atom. The monoisotopic (exact) mass is 462 g/mol. The fourth-order valence-corrected chi connectivity index (χ4v) is 3.56. The number of aromatic amines is 1. The summed E-state index contributed by atoms with van der Waals surface area (Å²) in [7, 11) is 0. The average Bonchev–Trinajstić information content (AvgIpc) is 3.27. The van der Waals surface area contributed by atoms with Gasteiger partial charge in [-0.25, -0.2) is 9.97 Å². The molecule has 0 bridgehead atoms. The van der Waals surface area contributed by atoms with Crippen LogP contribution in [0.15, 0.2) is 71.6 Å². The molecule has 0 atom stereocenters. The van der Waals surface area contributed by atoms with E-state index in [1.807, 2.05) is 43.3 Å². The molecule has 0 spiro atoms. The van der Waals surface area contributed by atoms with E-state index in [-0.39, 0.29) is 0 Å². The van der Waals surface area contributed by atoms with Crippen LogP contribution in [0.4, 0.5) is 0 Å². The van der Waals surface area contributed by atoms with E-state index in [2.05, 4.69) is 30.9 Å². The second-order valence-corrected chi connectivity index (χ2v) is 7.60. The lowest BCUT2D eigenvalue weighted by Gasteiger charge is -2.15. The van der Waals surface area contributed by atoms with Crippen LogP contribution in [0.2, 0.25) is 0 Å². The van der Waals surface area contributed by atoms with Crippen LogP contribution in [-0.2, 0) is 6.61 Å². The van der Waals surface area contributed by atoms with E-state index in [9.17, 15) is 4.79 Å². The molecule has 4 aromatic rings. The molecule has 0 unspecified atom stereocenters. The van der Waals surface area contributed by atoms with Crippen molar-refractivity contribution in [3.8, 4) is 28.3 Å². The number of aromatic nitrogens is 3. The van der Waals surface area contributed by atoms with Crippen molar-refractivity contribution in [1.82, 2.24) is 15.0 Å². The molecule has 0 radical (unpaired) electrons. The quantitative estimate of drug-likeness (QED) is 0.399. The molecule has 7 heteroatoms. The van der Waals surface area contributed by atoms with Crippen molar-refractivity contribution < 1.29 is 9.53 Å². The summed E-state index contributed by atoms with van der Waals surface area (Å²) in [5, 5.41) is 0. The van der Waals surface area contributed by atoms with Crippen molar-refractivity contribution in [1.29, 1.82) is 0 Å². The third kappa shape index (κ3) is 4.26. The Hall–Kier alpha value is -3.45. The number of halogens is 1. The Labute approximate surface area is 182 Å². The highest BCUT2D eigenvalue weighted by atomic mass is 79.9. The number of nitrogens with two attached hydrogens (primary N) is 1. The maximum absolute atomic E-state index is 11.8. The van der Waals surface area contributed by atoms with E-state index in [1.165, 1.54) is 0 Å². The number of carbonyl (C=O) groups is 1. The Bertz CT molecular complexity index is 1210. The van der Waals surface area contributed by atoms with E-state index in [0.717, 1.165) is 38.4 Å². The Balaban J connectivity index is 1.76. The predicted molar refractivity (Wildman–Crippen MR) is 119 cm³/mol. The SMILES string of the molecule is Cc1ccc(-c2ncc[nH]2)cc1-c1cc(C(N)=O)ccc1OCc1cccc(Br)n1. The molecule has 3 N–H and O–H groups in total. The standard InChI is InChI=1S/C23H19BrN4O2/c1-14-5-6-16(23-26-9-10-27-23)12-18(14)19-11-15(22(25)29)7-8-20(19)30-13-17-3-2-4-21(24)28-17/h2-12H,13H2,1H3,(H2,25,29)(H,26,27). The van der Waals surface area contributed by atoms with Gasteiger partial charge < -0.3 is 15.5 Å². The first kappa shape index (κ1) is 19.8. The molecular formula is C23H19BrN4O2. The number of aryl methyl sites for hydroxylation is 1. The second kappa shape index (κ2) is 8.51. The van der Waals surface area contributed by atoms with Gasteiger partial charge in [0.05, 0.1) is 5.69 Å². The predicted octanol–water partition coefficient (Wildman–Crippen LogP) is 4.89. The molecule has 1 amide bonds. The van der Waals surface area contributed by atoms with E-state index in [1.54, 1.807) is 30.6 Å². The largest absolute Gasteiger partial charge is 0.487 e. The summed E-state index contributed by atoms with van der Waals surface area (Å²) < 4.78 is 6.84. The zero-order chi connectivity index (χ0) is 21.1. The number of pyridine rings is 1. The molecule has 2 aromatic heterocycles. The molecule has 0 saturated heterocycles. The number of H-pyrrole nitrogens is 1. The first-order valence-corrected chi connectivity index (χ1v) is 10.1. The summed E-state index contributed by atoms with van der Waals surface area (Å²) in [6.07, 6.45) is 3.49. The second-order valence-electron chi connectivity index (χ2n) is 6.78. The summed E-state index contributed by atoms with van der Waals surface area (Å²) in [6, 6.07) is 16.9. The van der Waals surface area contributed by atoms with Crippen molar-refractivity contribution in [2.24, 2.45) is 5.73 Å². The highest BCUT2D eigenvalue weighted by Crippen LogP contribution is 2.36. The van der Waals surface area contributed by atoms with Crippen molar-refractivity contribution >= 4 is 21.8 Å². The third-order valence-electron chi connectivity index (χ3n) is 4.71. The van der Waals surface area contributed by atoms with Crippen LogP contribution in [0.25, 0.3) is 22.5 Å². The molecular weight excluding hydrogens is 444 g/mol. The Morgan fingerprint density at radius 3 is 2.73 bits per heavy atom. The van der Waals surface area contributed by atoms with Crippen molar-refractivity contribution in [2.45, 2.75) is 13.5 Å². The molecule has 0 aliphatic carbocycles. The summed E-state index contributed by atoms with van der Waals surface area (Å²) in [5.74, 6) is 0.917. The average molecular weight is 463 g/mol. The minimum atomic E-state index is -0.490. The minimum Gasteiger partial charge on any atom is -0.487 e. The molecule has 2 heterocycles. The van der Waals surface area contributed by atoms with E-state index >= 15 is 0 Å². The topological polar surface area (TPSA) is 93.9 Å². The smallest absolute Gasteiger partial charge is 0.248 e. The van der Waals surface area contributed by atoms with Crippen LogP contribution >= 0.6 is 15.9 Å². The molecule has 0 saturated carbocycles. The number of ether oxygens (including phenoxy) is 1. The lowest BCUT2D eigenvalue weighted by molar-refractivity contribution is 0.100. The highest BCUT2D eigenvalue weighted by molar-refractivity contribution is 9.10. The van der Waals surface area contributed by atoms with Gasteiger partial charge in [0.25, 0.3) is 0 Å². The number of hydrogen-bond donors (Lipinski definition) is 2. The number of nitrogens with zero attached hydrogens (tertiary/aromatic N) is 2. The first-order chi connectivity index (χ1) is 14.5. The molecule has 2 aromatic carbocycles. The molecule has 4 rings (SSSR count). The van der Waals surface area contributed by atoms with E-state index in [4.69, 9.17) is 10.5 Å². The molecule has 30 heavy (non-hydrogen) atoms.